The number of aliphatic hydroxyl groups excluding tert-OH is 1. The molecule has 4 rings (SSSR count). The first-order valence-electron chi connectivity index (χ1n) is 9.09. The minimum Gasteiger partial charge on any atom is -0.393 e. The molecule has 7 atom stereocenters. The molecule has 1 N–H and O–H groups in total. The van der Waals surface area contributed by atoms with Crippen LogP contribution in [0.15, 0.2) is 0 Å². The van der Waals surface area contributed by atoms with Crippen molar-refractivity contribution in [1.82, 2.24) is 0 Å². The normalized spacial score (nSPS) is 54.6. The van der Waals surface area contributed by atoms with Crippen LogP contribution in [-0.4, -0.2) is 22.8 Å². The number of aliphatic hydroxyl groups is 1. The van der Waals surface area contributed by atoms with Crippen LogP contribution in [0, 0.1) is 34.5 Å². The van der Waals surface area contributed by atoms with Gasteiger partial charge in [0.25, 0.3) is 0 Å². The summed E-state index contributed by atoms with van der Waals surface area (Å²) in [5.41, 5.74) is 0.0535. The summed E-state index contributed by atoms with van der Waals surface area (Å²) in [6, 6.07) is 0. The molecule has 4 aliphatic carbocycles. The molecule has 0 heterocycles. The molecule has 0 radical (unpaired) electrons. The van der Waals surface area contributed by atoms with Crippen LogP contribution in [0.25, 0.3) is 0 Å². The van der Waals surface area contributed by atoms with E-state index in [0.29, 0.717) is 42.8 Å². The van der Waals surface area contributed by atoms with Gasteiger partial charge in [-0.3, -0.25) is 9.59 Å². The molecule has 22 heavy (non-hydrogen) atoms. The predicted octanol–water partition coefficient (Wildman–Crippen LogP) is 3.14. The molecule has 3 nitrogen and oxygen atoms in total. The van der Waals surface area contributed by atoms with Crippen molar-refractivity contribution in [1.29, 1.82) is 0 Å². The second kappa shape index (κ2) is 4.66. The van der Waals surface area contributed by atoms with E-state index in [4.69, 9.17) is 0 Å². The number of carbonyl (C=O) groups is 2. The average molecular weight is 304 g/mol. The molecule has 0 saturated heterocycles. The van der Waals surface area contributed by atoms with Gasteiger partial charge >= 0.3 is 0 Å². The third-order valence-electron chi connectivity index (χ3n) is 8.23. The third kappa shape index (κ3) is 1.78. The van der Waals surface area contributed by atoms with Crippen LogP contribution < -0.4 is 0 Å². The monoisotopic (exact) mass is 304 g/mol. The fourth-order valence-corrected chi connectivity index (χ4v) is 6.81. The number of hydrogen-bond donors (Lipinski definition) is 1. The maximum atomic E-state index is 12.8. The van der Waals surface area contributed by atoms with Crippen molar-refractivity contribution in [3.8, 4) is 0 Å². The van der Waals surface area contributed by atoms with Crippen LogP contribution in [0.2, 0.25) is 0 Å². The van der Waals surface area contributed by atoms with E-state index in [1.54, 1.807) is 0 Å². The molecule has 4 aliphatic rings. The average Bonchev–Trinajstić information content (AvgIpc) is 2.77. The Balaban J connectivity index is 1.69. The van der Waals surface area contributed by atoms with Crippen LogP contribution in [0.1, 0.15) is 65.2 Å². The Hall–Kier alpha value is -0.700. The quantitative estimate of drug-likeness (QED) is 0.748. The molecule has 0 spiro atoms. The van der Waals surface area contributed by atoms with Crippen LogP contribution in [0.3, 0.4) is 0 Å². The first-order chi connectivity index (χ1) is 10.4. The number of Topliss-reactive ketones (excluding diaryl/α,β-unsaturated/α-hetero) is 2. The number of rotatable bonds is 0. The van der Waals surface area contributed by atoms with E-state index in [1.165, 1.54) is 0 Å². The van der Waals surface area contributed by atoms with Crippen molar-refractivity contribution in [3.05, 3.63) is 0 Å². The van der Waals surface area contributed by atoms with Crippen molar-refractivity contribution in [2.75, 3.05) is 0 Å². The third-order valence-corrected chi connectivity index (χ3v) is 8.23. The summed E-state index contributed by atoms with van der Waals surface area (Å²) in [5.74, 6) is 2.12. The highest BCUT2D eigenvalue weighted by atomic mass is 16.3. The zero-order valence-electron chi connectivity index (χ0n) is 13.8. The van der Waals surface area contributed by atoms with Crippen LogP contribution >= 0.6 is 0 Å². The highest BCUT2D eigenvalue weighted by Crippen LogP contribution is 2.65. The summed E-state index contributed by atoms with van der Waals surface area (Å²) in [6.45, 7) is 4.53. The van der Waals surface area contributed by atoms with Crippen LogP contribution in [0.5, 0.6) is 0 Å². The van der Waals surface area contributed by atoms with Crippen molar-refractivity contribution in [2.45, 2.75) is 71.3 Å². The lowest BCUT2D eigenvalue weighted by atomic mass is 9.45. The summed E-state index contributed by atoms with van der Waals surface area (Å²) in [6.07, 6.45) is 6.71. The van der Waals surface area contributed by atoms with E-state index in [2.05, 4.69) is 13.8 Å². The topological polar surface area (TPSA) is 54.4 Å². The van der Waals surface area contributed by atoms with E-state index in [1.807, 2.05) is 0 Å². The summed E-state index contributed by atoms with van der Waals surface area (Å²) in [4.78, 5) is 24.7. The number of carbonyl (C=O) groups excluding carboxylic acids is 2. The highest BCUT2D eigenvalue weighted by Gasteiger charge is 2.62. The first kappa shape index (κ1) is 14.9. The van der Waals surface area contributed by atoms with E-state index < -0.39 is 0 Å². The van der Waals surface area contributed by atoms with Gasteiger partial charge in [-0.25, -0.2) is 0 Å². The molecule has 4 fully saturated rings. The van der Waals surface area contributed by atoms with E-state index >= 15 is 0 Å². The zero-order chi connectivity index (χ0) is 15.7. The SMILES string of the molecule is C[C@@]12CCC(=O)C[C@H]1C(=O)CC1C2CC[C@]2(C)C1CC[C@H]2O. The van der Waals surface area contributed by atoms with Crippen molar-refractivity contribution >= 4 is 11.6 Å². The van der Waals surface area contributed by atoms with Crippen molar-refractivity contribution in [3.63, 3.8) is 0 Å². The minimum absolute atomic E-state index is 0.0225. The number of hydrogen-bond acceptors (Lipinski definition) is 3. The Labute approximate surface area is 132 Å². The van der Waals surface area contributed by atoms with E-state index in [0.717, 1.165) is 32.1 Å². The van der Waals surface area contributed by atoms with Crippen molar-refractivity contribution in [2.24, 2.45) is 34.5 Å². The lowest BCUT2D eigenvalue weighted by Gasteiger charge is -2.59. The molecule has 3 heteroatoms. The van der Waals surface area contributed by atoms with Crippen LogP contribution in [0.4, 0.5) is 0 Å². The van der Waals surface area contributed by atoms with Crippen LogP contribution in [-0.2, 0) is 9.59 Å². The molecule has 0 aromatic heterocycles. The van der Waals surface area contributed by atoms with Gasteiger partial charge in [-0.15, -0.1) is 0 Å². The lowest BCUT2D eigenvalue weighted by molar-refractivity contribution is -0.160. The Morgan fingerprint density at radius 1 is 0.955 bits per heavy atom. The minimum atomic E-state index is -0.188. The molecule has 0 aromatic rings. The second-order valence-corrected chi connectivity index (χ2v) is 8.99. The molecule has 3 unspecified atom stereocenters. The van der Waals surface area contributed by atoms with Gasteiger partial charge in [0.1, 0.15) is 11.6 Å². The molecule has 0 aliphatic heterocycles. The Kier molecular flexibility index (Phi) is 3.15. The molecule has 0 bridgehead atoms. The summed E-state index contributed by atoms with van der Waals surface area (Å²) < 4.78 is 0. The van der Waals surface area contributed by atoms with Gasteiger partial charge in [0.05, 0.1) is 6.10 Å². The van der Waals surface area contributed by atoms with Gasteiger partial charge in [0, 0.05) is 25.2 Å². The van der Waals surface area contributed by atoms with Gasteiger partial charge < -0.3 is 5.11 Å². The molecular weight excluding hydrogens is 276 g/mol. The summed E-state index contributed by atoms with van der Waals surface area (Å²) >= 11 is 0. The van der Waals surface area contributed by atoms with Gasteiger partial charge in [-0.2, -0.15) is 0 Å². The van der Waals surface area contributed by atoms with E-state index in [-0.39, 0.29) is 28.6 Å². The van der Waals surface area contributed by atoms with Gasteiger partial charge in [0.15, 0.2) is 0 Å². The summed E-state index contributed by atoms with van der Waals surface area (Å²) in [5, 5.41) is 10.4. The zero-order valence-corrected chi connectivity index (χ0v) is 13.8. The van der Waals surface area contributed by atoms with Gasteiger partial charge in [-0.05, 0) is 60.7 Å². The lowest BCUT2D eigenvalue weighted by Crippen LogP contribution is -2.57. The number of fused-ring (bicyclic) bond motifs is 5. The maximum Gasteiger partial charge on any atom is 0.137 e. The molecule has 0 aromatic carbocycles. The fraction of sp³-hybridized carbons (Fsp3) is 0.895. The number of ketones is 2. The van der Waals surface area contributed by atoms with E-state index in [9.17, 15) is 14.7 Å². The fourth-order valence-electron chi connectivity index (χ4n) is 6.81. The first-order valence-corrected chi connectivity index (χ1v) is 9.09. The maximum absolute atomic E-state index is 12.8. The smallest absolute Gasteiger partial charge is 0.137 e. The molecule has 122 valence electrons. The predicted molar refractivity (Wildman–Crippen MR) is 83.1 cm³/mol. The molecule has 4 saturated carbocycles. The Morgan fingerprint density at radius 2 is 1.68 bits per heavy atom. The Morgan fingerprint density at radius 3 is 2.45 bits per heavy atom. The second-order valence-electron chi connectivity index (χ2n) is 8.99. The largest absolute Gasteiger partial charge is 0.393 e. The highest BCUT2D eigenvalue weighted by molar-refractivity contribution is 5.90. The molecular formula is C19H28O3. The van der Waals surface area contributed by atoms with Gasteiger partial charge in [0.2, 0.25) is 0 Å². The van der Waals surface area contributed by atoms with Crippen molar-refractivity contribution < 1.29 is 14.7 Å². The molecule has 0 amide bonds. The Bertz CT molecular complexity index is 527. The van der Waals surface area contributed by atoms with Gasteiger partial charge in [-0.1, -0.05) is 13.8 Å². The standard InChI is InChI=1S/C19H28O3/c1-18-7-5-11(20)9-15(18)16(21)10-12-13-3-4-17(22)19(13,2)8-6-14(12)18/h12-15,17,22H,3-10H2,1-2H3/t12?,13?,14?,15-,17+,18-,19+/m0/s1. The summed E-state index contributed by atoms with van der Waals surface area (Å²) in [7, 11) is 0.